The van der Waals surface area contributed by atoms with Crippen molar-refractivity contribution in [2.45, 2.75) is 25.6 Å². The fraction of sp³-hybridized carbons (Fsp3) is 0.250. The van der Waals surface area contributed by atoms with Gasteiger partial charge in [-0.15, -0.1) is 0 Å². The predicted molar refractivity (Wildman–Crippen MR) is 75.9 cm³/mol. The molecule has 0 spiro atoms. The maximum Gasteiger partial charge on any atom is 0.416 e. The highest BCUT2D eigenvalue weighted by Gasteiger charge is 2.30. The number of benzene rings is 1. The number of nitrogens with one attached hydrogen (secondary N) is 1. The molecule has 1 atom stereocenters. The van der Waals surface area contributed by atoms with E-state index in [4.69, 9.17) is 0 Å². The van der Waals surface area contributed by atoms with Gasteiger partial charge in [0.1, 0.15) is 5.82 Å². The molecule has 0 radical (unpaired) electrons. The van der Waals surface area contributed by atoms with Crippen LogP contribution in [0.1, 0.15) is 29.8 Å². The van der Waals surface area contributed by atoms with Gasteiger partial charge in [0.15, 0.2) is 0 Å². The van der Waals surface area contributed by atoms with E-state index >= 15 is 0 Å². The summed E-state index contributed by atoms with van der Waals surface area (Å²) in [5, 5.41) is 2.60. The molecule has 0 fully saturated rings. The average molecular weight is 326 g/mol. The zero-order chi connectivity index (χ0) is 17.0. The molecule has 0 saturated heterocycles. The van der Waals surface area contributed by atoms with Crippen LogP contribution in [0.15, 0.2) is 42.6 Å². The Morgan fingerprint density at radius 2 is 2.00 bits per heavy atom. The van der Waals surface area contributed by atoms with E-state index in [1.54, 1.807) is 6.92 Å². The number of carbonyl (C=O) groups excluding carboxylic acids is 1. The number of hydrogen-bond acceptors (Lipinski definition) is 2. The molecule has 1 heterocycles. The molecular weight excluding hydrogens is 312 g/mol. The van der Waals surface area contributed by atoms with E-state index in [1.165, 1.54) is 24.3 Å². The molecule has 122 valence electrons. The van der Waals surface area contributed by atoms with Crippen LogP contribution >= 0.6 is 0 Å². The first-order valence-electron chi connectivity index (χ1n) is 6.82. The maximum absolute atomic E-state index is 12.7. The fourth-order valence-electron chi connectivity index (χ4n) is 2.04. The molecule has 0 saturated carbocycles. The van der Waals surface area contributed by atoms with Crippen molar-refractivity contribution in [1.82, 2.24) is 10.3 Å². The van der Waals surface area contributed by atoms with Crippen molar-refractivity contribution < 1.29 is 22.4 Å². The summed E-state index contributed by atoms with van der Waals surface area (Å²) in [5.74, 6) is -0.916. The molecule has 2 rings (SSSR count). The molecule has 1 N–H and O–H groups in total. The first kappa shape index (κ1) is 16.9. The van der Waals surface area contributed by atoms with Crippen LogP contribution in [-0.2, 0) is 17.4 Å². The summed E-state index contributed by atoms with van der Waals surface area (Å²) in [6.07, 6.45) is -3.51. The number of aromatic nitrogens is 1. The van der Waals surface area contributed by atoms with E-state index in [-0.39, 0.29) is 6.42 Å². The molecule has 0 aliphatic heterocycles. The Kier molecular flexibility index (Phi) is 4.98. The number of alkyl halides is 3. The Bertz CT molecular complexity index is 683. The number of amides is 1. The van der Waals surface area contributed by atoms with Crippen LogP contribution < -0.4 is 5.32 Å². The van der Waals surface area contributed by atoms with Gasteiger partial charge >= 0.3 is 6.18 Å². The van der Waals surface area contributed by atoms with Gasteiger partial charge in [-0.05, 0) is 36.8 Å². The van der Waals surface area contributed by atoms with Crippen LogP contribution in [0.4, 0.5) is 17.6 Å². The standard InChI is InChI=1S/C16H14F4N2O/c1-10(11-3-2-4-12(7-11)16(18,19)20)22-15(23)8-14-6-5-13(17)9-21-14/h2-7,9-10H,8H2,1H3,(H,22,23). The quantitative estimate of drug-likeness (QED) is 0.871. The third-order valence-corrected chi connectivity index (χ3v) is 3.22. The van der Waals surface area contributed by atoms with Crippen LogP contribution in [0.3, 0.4) is 0 Å². The van der Waals surface area contributed by atoms with E-state index < -0.39 is 29.5 Å². The summed E-state index contributed by atoms with van der Waals surface area (Å²) in [7, 11) is 0. The van der Waals surface area contributed by atoms with Crippen molar-refractivity contribution in [2.24, 2.45) is 0 Å². The molecule has 1 aromatic carbocycles. The molecule has 0 aliphatic rings. The molecule has 23 heavy (non-hydrogen) atoms. The second-order valence-electron chi connectivity index (χ2n) is 5.06. The first-order chi connectivity index (χ1) is 10.8. The zero-order valence-corrected chi connectivity index (χ0v) is 12.2. The number of pyridine rings is 1. The number of nitrogens with zero attached hydrogens (tertiary/aromatic N) is 1. The second-order valence-corrected chi connectivity index (χ2v) is 5.06. The lowest BCUT2D eigenvalue weighted by molar-refractivity contribution is -0.137. The number of carbonyl (C=O) groups is 1. The summed E-state index contributed by atoms with van der Waals surface area (Å²) in [6, 6.07) is 6.75. The molecular formula is C16H14F4N2O. The van der Waals surface area contributed by atoms with Gasteiger partial charge < -0.3 is 5.32 Å². The van der Waals surface area contributed by atoms with Gasteiger partial charge in [-0.1, -0.05) is 12.1 Å². The molecule has 0 bridgehead atoms. The largest absolute Gasteiger partial charge is 0.416 e. The minimum absolute atomic E-state index is 0.0798. The number of hydrogen-bond donors (Lipinski definition) is 1. The zero-order valence-electron chi connectivity index (χ0n) is 12.2. The van der Waals surface area contributed by atoms with Gasteiger partial charge in [0.25, 0.3) is 0 Å². The molecule has 1 aromatic heterocycles. The van der Waals surface area contributed by atoms with Crippen molar-refractivity contribution >= 4 is 5.91 Å². The second kappa shape index (κ2) is 6.76. The Labute approximate surface area is 130 Å². The van der Waals surface area contributed by atoms with Crippen molar-refractivity contribution in [3.05, 3.63) is 65.2 Å². The first-order valence-corrected chi connectivity index (χ1v) is 6.82. The number of halogens is 4. The van der Waals surface area contributed by atoms with Gasteiger partial charge in [0.05, 0.1) is 24.2 Å². The van der Waals surface area contributed by atoms with E-state index in [9.17, 15) is 22.4 Å². The fourth-order valence-corrected chi connectivity index (χ4v) is 2.04. The monoisotopic (exact) mass is 326 g/mol. The topological polar surface area (TPSA) is 42.0 Å². The normalized spacial score (nSPS) is 12.7. The Morgan fingerprint density at radius 3 is 2.61 bits per heavy atom. The third-order valence-electron chi connectivity index (χ3n) is 3.22. The minimum atomic E-state index is -4.43. The molecule has 0 aliphatic carbocycles. The van der Waals surface area contributed by atoms with Gasteiger partial charge in [0, 0.05) is 5.69 Å². The van der Waals surface area contributed by atoms with Crippen LogP contribution in [-0.4, -0.2) is 10.9 Å². The van der Waals surface area contributed by atoms with Crippen LogP contribution in [0.2, 0.25) is 0 Å². The summed E-state index contributed by atoms with van der Waals surface area (Å²) < 4.78 is 50.8. The molecule has 2 aromatic rings. The van der Waals surface area contributed by atoms with Crippen LogP contribution in [0, 0.1) is 5.82 Å². The molecule has 1 unspecified atom stereocenters. The molecule has 1 amide bonds. The van der Waals surface area contributed by atoms with E-state index in [0.29, 0.717) is 11.3 Å². The summed E-state index contributed by atoms with van der Waals surface area (Å²) >= 11 is 0. The van der Waals surface area contributed by atoms with E-state index in [2.05, 4.69) is 10.3 Å². The van der Waals surface area contributed by atoms with E-state index in [0.717, 1.165) is 18.3 Å². The smallest absolute Gasteiger partial charge is 0.349 e. The number of rotatable bonds is 4. The minimum Gasteiger partial charge on any atom is -0.349 e. The third kappa shape index (κ3) is 4.77. The summed E-state index contributed by atoms with van der Waals surface area (Å²) in [6.45, 7) is 1.59. The summed E-state index contributed by atoms with van der Waals surface area (Å²) in [4.78, 5) is 15.7. The Balaban J connectivity index is 2.02. The van der Waals surface area contributed by atoms with Gasteiger partial charge in [0.2, 0.25) is 5.91 Å². The van der Waals surface area contributed by atoms with Gasteiger partial charge in [-0.25, -0.2) is 4.39 Å². The SMILES string of the molecule is CC(NC(=O)Cc1ccc(F)cn1)c1cccc(C(F)(F)F)c1. The lowest BCUT2D eigenvalue weighted by atomic mass is 10.0. The van der Waals surface area contributed by atoms with Crippen LogP contribution in [0.25, 0.3) is 0 Å². The maximum atomic E-state index is 12.7. The summed E-state index contributed by atoms with van der Waals surface area (Å²) in [5.41, 5.74) is -0.0447. The van der Waals surface area contributed by atoms with Crippen molar-refractivity contribution in [3.63, 3.8) is 0 Å². The van der Waals surface area contributed by atoms with Crippen molar-refractivity contribution in [3.8, 4) is 0 Å². The Hall–Kier alpha value is -2.44. The highest BCUT2D eigenvalue weighted by atomic mass is 19.4. The van der Waals surface area contributed by atoms with Crippen LogP contribution in [0.5, 0.6) is 0 Å². The van der Waals surface area contributed by atoms with Crippen molar-refractivity contribution in [2.75, 3.05) is 0 Å². The lowest BCUT2D eigenvalue weighted by Gasteiger charge is -2.16. The molecule has 7 heteroatoms. The Morgan fingerprint density at radius 1 is 1.26 bits per heavy atom. The molecule has 3 nitrogen and oxygen atoms in total. The van der Waals surface area contributed by atoms with Gasteiger partial charge in [-0.3, -0.25) is 9.78 Å². The van der Waals surface area contributed by atoms with Gasteiger partial charge in [-0.2, -0.15) is 13.2 Å². The predicted octanol–water partition coefficient (Wildman–Crippen LogP) is 3.66. The average Bonchev–Trinajstić information content (AvgIpc) is 2.49. The lowest BCUT2D eigenvalue weighted by Crippen LogP contribution is -2.28. The van der Waals surface area contributed by atoms with Crippen molar-refractivity contribution in [1.29, 1.82) is 0 Å². The highest BCUT2D eigenvalue weighted by molar-refractivity contribution is 5.78. The highest BCUT2D eigenvalue weighted by Crippen LogP contribution is 2.30. The van der Waals surface area contributed by atoms with E-state index in [1.807, 2.05) is 0 Å².